The maximum atomic E-state index is 12.8. The van der Waals surface area contributed by atoms with E-state index in [9.17, 15) is 14.9 Å². The molecule has 2 aromatic carbocycles. The smallest absolute Gasteiger partial charge is 0.280 e. The van der Waals surface area contributed by atoms with Crippen LogP contribution in [0.25, 0.3) is 6.08 Å². The van der Waals surface area contributed by atoms with Crippen molar-refractivity contribution in [3.8, 4) is 11.5 Å². The summed E-state index contributed by atoms with van der Waals surface area (Å²) in [5, 5.41) is 16.9. The summed E-state index contributed by atoms with van der Waals surface area (Å²) in [6.07, 6.45) is 1.46. The Morgan fingerprint density at radius 3 is 2.58 bits per heavy atom. The van der Waals surface area contributed by atoms with Crippen molar-refractivity contribution < 1.29 is 19.2 Å². The van der Waals surface area contributed by atoms with Crippen LogP contribution in [-0.4, -0.2) is 23.3 Å². The third-order valence-corrected chi connectivity index (χ3v) is 4.08. The lowest BCUT2D eigenvalue weighted by atomic mass is 10.0. The standard InChI is InChI=1S/C18H13N3O5/c1-11-14(18(22)20(19-11)13-5-3-2-4-6-13)7-12-8-16-17(26-10-25-16)9-15(12)21(23)24/h2-9H,10H2,1H3. The fourth-order valence-corrected chi connectivity index (χ4v) is 2.80. The molecule has 26 heavy (non-hydrogen) atoms. The summed E-state index contributed by atoms with van der Waals surface area (Å²) in [6, 6.07) is 11.8. The van der Waals surface area contributed by atoms with Crippen LogP contribution in [0.15, 0.2) is 53.1 Å². The third-order valence-electron chi connectivity index (χ3n) is 4.08. The number of nitro groups is 1. The molecule has 0 bridgehead atoms. The molecular formula is C18H13N3O5. The highest BCUT2D eigenvalue weighted by molar-refractivity contribution is 6.32. The summed E-state index contributed by atoms with van der Waals surface area (Å²) < 4.78 is 10.5. The second kappa shape index (κ2) is 5.99. The van der Waals surface area contributed by atoms with Gasteiger partial charge in [-0.3, -0.25) is 14.9 Å². The zero-order valence-corrected chi connectivity index (χ0v) is 13.7. The fraction of sp³-hybridized carbons (Fsp3) is 0.111. The number of hydrogen-bond donors (Lipinski definition) is 0. The quantitative estimate of drug-likeness (QED) is 0.481. The molecule has 0 N–H and O–H groups in total. The van der Waals surface area contributed by atoms with Crippen molar-refractivity contribution in [2.75, 3.05) is 11.8 Å². The summed E-state index contributed by atoms with van der Waals surface area (Å²) in [5.41, 5.74) is 1.48. The van der Waals surface area contributed by atoms with Gasteiger partial charge in [0.2, 0.25) is 6.79 Å². The summed E-state index contributed by atoms with van der Waals surface area (Å²) in [6.45, 7) is 1.69. The number of benzene rings is 2. The number of carbonyl (C=O) groups excluding carboxylic acids is 1. The minimum absolute atomic E-state index is 0.00765. The SMILES string of the molecule is CC1=NN(c2ccccc2)C(=O)C1=Cc1cc2c(cc1[N+](=O)[O-])OCO2. The van der Waals surface area contributed by atoms with Crippen molar-refractivity contribution >= 4 is 29.1 Å². The van der Waals surface area contributed by atoms with Crippen LogP contribution in [0.4, 0.5) is 11.4 Å². The van der Waals surface area contributed by atoms with Crippen LogP contribution in [0.3, 0.4) is 0 Å². The molecule has 4 rings (SSSR count). The molecule has 0 fully saturated rings. The molecule has 2 aliphatic heterocycles. The molecule has 1 amide bonds. The van der Waals surface area contributed by atoms with Crippen LogP contribution in [0.1, 0.15) is 12.5 Å². The van der Waals surface area contributed by atoms with Gasteiger partial charge in [-0.1, -0.05) is 18.2 Å². The topological polar surface area (TPSA) is 94.3 Å². The van der Waals surface area contributed by atoms with Crippen LogP contribution in [-0.2, 0) is 4.79 Å². The van der Waals surface area contributed by atoms with Crippen LogP contribution in [0.5, 0.6) is 11.5 Å². The van der Waals surface area contributed by atoms with E-state index in [0.29, 0.717) is 22.9 Å². The minimum Gasteiger partial charge on any atom is -0.454 e. The Bertz CT molecular complexity index is 982. The van der Waals surface area contributed by atoms with E-state index in [2.05, 4.69) is 5.10 Å². The molecule has 2 heterocycles. The van der Waals surface area contributed by atoms with Gasteiger partial charge in [0, 0.05) is 0 Å². The average Bonchev–Trinajstić information content (AvgIpc) is 3.20. The summed E-state index contributed by atoms with van der Waals surface area (Å²) >= 11 is 0. The lowest BCUT2D eigenvalue weighted by molar-refractivity contribution is -0.385. The van der Waals surface area contributed by atoms with E-state index < -0.39 is 4.92 Å². The number of hydrogen-bond acceptors (Lipinski definition) is 6. The fourth-order valence-electron chi connectivity index (χ4n) is 2.80. The van der Waals surface area contributed by atoms with Gasteiger partial charge in [-0.15, -0.1) is 0 Å². The maximum Gasteiger partial charge on any atom is 0.280 e. The van der Waals surface area contributed by atoms with Crippen molar-refractivity contribution in [3.05, 3.63) is 63.7 Å². The zero-order valence-electron chi connectivity index (χ0n) is 13.7. The lowest BCUT2D eigenvalue weighted by Crippen LogP contribution is -2.21. The Kier molecular flexibility index (Phi) is 3.65. The summed E-state index contributed by atoms with van der Waals surface area (Å²) in [7, 11) is 0. The van der Waals surface area contributed by atoms with E-state index in [1.807, 2.05) is 6.07 Å². The van der Waals surface area contributed by atoms with Gasteiger partial charge in [0.1, 0.15) is 0 Å². The lowest BCUT2D eigenvalue weighted by Gasteiger charge is -2.11. The highest BCUT2D eigenvalue weighted by Gasteiger charge is 2.30. The highest BCUT2D eigenvalue weighted by atomic mass is 16.7. The minimum atomic E-state index is -0.519. The van der Waals surface area contributed by atoms with Crippen LogP contribution < -0.4 is 14.5 Å². The maximum absolute atomic E-state index is 12.8. The van der Waals surface area contributed by atoms with Crippen molar-refractivity contribution in [1.29, 1.82) is 0 Å². The average molecular weight is 351 g/mol. The number of nitro benzene ring substituents is 1. The molecule has 0 radical (unpaired) electrons. The number of fused-ring (bicyclic) bond motifs is 1. The molecule has 0 aromatic heterocycles. The monoisotopic (exact) mass is 351 g/mol. The number of amides is 1. The van der Waals surface area contributed by atoms with Gasteiger partial charge in [0.15, 0.2) is 11.5 Å². The van der Waals surface area contributed by atoms with Gasteiger partial charge < -0.3 is 9.47 Å². The normalized spacial score (nSPS) is 17.0. The Balaban J connectivity index is 1.77. The van der Waals surface area contributed by atoms with E-state index in [1.54, 1.807) is 31.2 Å². The number of hydrazone groups is 1. The van der Waals surface area contributed by atoms with Gasteiger partial charge in [-0.2, -0.15) is 10.1 Å². The second-order valence-corrected chi connectivity index (χ2v) is 5.72. The first-order valence-corrected chi connectivity index (χ1v) is 7.79. The summed E-state index contributed by atoms with van der Waals surface area (Å²) in [5.74, 6) is 0.371. The molecule has 130 valence electrons. The number of ether oxygens (including phenoxy) is 2. The van der Waals surface area contributed by atoms with Crippen molar-refractivity contribution in [2.24, 2.45) is 5.10 Å². The number of anilines is 1. The second-order valence-electron chi connectivity index (χ2n) is 5.72. The molecule has 2 aliphatic rings. The van der Waals surface area contributed by atoms with Crippen LogP contribution >= 0.6 is 0 Å². The third kappa shape index (κ3) is 2.57. The predicted octanol–water partition coefficient (Wildman–Crippen LogP) is 3.13. The van der Waals surface area contributed by atoms with Crippen molar-refractivity contribution in [2.45, 2.75) is 6.92 Å². The van der Waals surface area contributed by atoms with Crippen molar-refractivity contribution in [3.63, 3.8) is 0 Å². The first kappa shape index (κ1) is 15.8. The Hall–Kier alpha value is -3.68. The van der Waals surface area contributed by atoms with E-state index in [0.717, 1.165) is 0 Å². The number of para-hydroxylation sites is 1. The number of rotatable bonds is 3. The van der Waals surface area contributed by atoms with E-state index >= 15 is 0 Å². The van der Waals surface area contributed by atoms with E-state index in [1.165, 1.54) is 23.2 Å². The molecule has 0 spiro atoms. The highest BCUT2D eigenvalue weighted by Crippen LogP contribution is 2.39. The molecule has 0 aliphatic carbocycles. The Morgan fingerprint density at radius 2 is 1.88 bits per heavy atom. The molecular weight excluding hydrogens is 338 g/mol. The molecule has 0 saturated carbocycles. The van der Waals surface area contributed by atoms with Gasteiger partial charge >= 0.3 is 0 Å². The molecule has 8 nitrogen and oxygen atoms in total. The molecule has 0 atom stereocenters. The van der Waals surface area contributed by atoms with E-state index in [4.69, 9.17) is 9.47 Å². The van der Waals surface area contributed by atoms with Gasteiger partial charge in [-0.05, 0) is 31.2 Å². The Morgan fingerprint density at radius 1 is 1.19 bits per heavy atom. The van der Waals surface area contributed by atoms with Gasteiger partial charge in [-0.25, -0.2) is 0 Å². The molecule has 0 saturated heterocycles. The molecule has 0 unspecified atom stereocenters. The van der Waals surface area contributed by atoms with Crippen LogP contribution in [0.2, 0.25) is 0 Å². The Labute approximate surface area is 148 Å². The largest absolute Gasteiger partial charge is 0.454 e. The molecule has 2 aromatic rings. The number of nitrogens with zero attached hydrogens (tertiary/aromatic N) is 3. The zero-order chi connectivity index (χ0) is 18.3. The van der Waals surface area contributed by atoms with Crippen molar-refractivity contribution in [1.82, 2.24) is 0 Å². The first-order valence-electron chi connectivity index (χ1n) is 7.79. The predicted molar refractivity (Wildman–Crippen MR) is 94.2 cm³/mol. The van der Waals surface area contributed by atoms with Crippen LogP contribution in [0, 0.1) is 10.1 Å². The molecule has 8 heteroatoms. The summed E-state index contributed by atoms with van der Waals surface area (Å²) in [4.78, 5) is 23.6. The van der Waals surface area contributed by atoms with Gasteiger partial charge in [0.05, 0.1) is 33.5 Å². The first-order chi connectivity index (χ1) is 12.5. The van der Waals surface area contributed by atoms with Gasteiger partial charge in [0.25, 0.3) is 11.6 Å². The number of carbonyl (C=O) groups is 1. The van der Waals surface area contributed by atoms with E-state index in [-0.39, 0.29) is 29.5 Å².